The molecule has 180 valence electrons. The SMILES string of the molecule is Cn1c(-c2cc3c4c(ccn4CCCO3)c2)nc2cc(C(=O)N3CCC[C@@H](NC(=O)O)C3)ccc21. The summed E-state index contributed by atoms with van der Waals surface area (Å²) in [4.78, 5) is 30.8. The molecule has 2 aliphatic heterocycles. The van der Waals surface area contributed by atoms with Gasteiger partial charge in [0.25, 0.3) is 5.91 Å². The standard InChI is InChI=1S/C26H27N5O4/c1-29-21-6-5-17(25(32)31-8-2-4-19(15-31)27-26(33)34)13-20(21)28-24(29)18-12-16-7-10-30-9-3-11-35-22(14-18)23(16)30/h5-7,10,12-14,19,27H,2-4,8-9,11,15H2,1H3,(H,33,34)/t19-/m1/s1. The van der Waals surface area contributed by atoms with Gasteiger partial charge in [0.05, 0.1) is 23.2 Å². The van der Waals surface area contributed by atoms with E-state index < -0.39 is 6.09 Å². The van der Waals surface area contributed by atoms with E-state index in [2.05, 4.69) is 34.3 Å². The highest BCUT2D eigenvalue weighted by Crippen LogP contribution is 2.35. The van der Waals surface area contributed by atoms with Gasteiger partial charge in [0, 0.05) is 55.4 Å². The van der Waals surface area contributed by atoms with Gasteiger partial charge in [-0.25, -0.2) is 9.78 Å². The maximum Gasteiger partial charge on any atom is 0.404 e. The summed E-state index contributed by atoms with van der Waals surface area (Å²) in [6.07, 6.45) is 3.52. The molecule has 2 aliphatic rings. The van der Waals surface area contributed by atoms with Crippen LogP contribution in [0.4, 0.5) is 4.79 Å². The number of nitrogens with one attached hydrogen (secondary N) is 1. The van der Waals surface area contributed by atoms with Crippen LogP contribution in [0.15, 0.2) is 42.6 Å². The van der Waals surface area contributed by atoms with E-state index in [-0.39, 0.29) is 11.9 Å². The number of carbonyl (C=O) groups is 2. The molecule has 35 heavy (non-hydrogen) atoms. The molecule has 1 atom stereocenters. The highest BCUT2D eigenvalue weighted by atomic mass is 16.5. The maximum atomic E-state index is 13.2. The number of hydrogen-bond acceptors (Lipinski definition) is 4. The summed E-state index contributed by atoms with van der Waals surface area (Å²) in [5.41, 5.74) is 4.33. The summed E-state index contributed by atoms with van der Waals surface area (Å²) in [6, 6.07) is 11.6. The lowest BCUT2D eigenvalue weighted by atomic mass is 10.0. The average molecular weight is 474 g/mol. The van der Waals surface area contributed by atoms with Crippen molar-refractivity contribution in [3.8, 4) is 17.1 Å². The Bertz CT molecular complexity index is 1470. The van der Waals surface area contributed by atoms with Gasteiger partial charge >= 0.3 is 6.09 Å². The van der Waals surface area contributed by atoms with E-state index in [9.17, 15) is 9.59 Å². The third-order valence-electron chi connectivity index (χ3n) is 7.05. The van der Waals surface area contributed by atoms with Crippen molar-refractivity contribution >= 4 is 33.9 Å². The fourth-order valence-electron chi connectivity index (χ4n) is 5.38. The highest BCUT2D eigenvalue weighted by molar-refractivity contribution is 5.98. The molecule has 9 heteroatoms. The molecule has 4 heterocycles. The monoisotopic (exact) mass is 473 g/mol. The quantitative estimate of drug-likeness (QED) is 0.471. The molecule has 1 saturated heterocycles. The molecule has 2 aromatic heterocycles. The fraction of sp³-hybridized carbons (Fsp3) is 0.346. The summed E-state index contributed by atoms with van der Waals surface area (Å²) in [7, 11) is 1.98. The van der Waals surface area contributed by atoms with Crippen molar-refractivity contribution in [2.45, 2.75) is 31.8 Å². The second kappa shape index (κ2) is 8.33. The summed E-state index contributed by atoms with van der Waals surface area (Å²) in [5.74, 6) is 1.58. The molecule has 2 amide bonds. The van der Waals surface area contributed by atoms with E-state index in [0.717, 1.165) is 64.9 Å². The predicted molar refractivity (Wildman–Crippen MR) is 132 cm³/mol. The van der Waals surface area contributed by atoms with Crippen LogP contribution in [0.2, 0.25) is 0 Å². The first-order chi connectivity index (χ1) is 17.0. The Labute approximate surface area is 201 Å². The number of amides is 2. The van der Waals surface area contributed by atoms with Crippen LogP contribution < -0.4 is 10.1 Å². The zero-order valence-electron chi connectivity index (χ0n) is 19.5. The summed E-state index contributed by atoms with van der Waals surface area (Å²) in [6.45, 7) is 2.63. The second-order valence-electron chi connectivity index (χ2n) is 9.36. The molecular weight excluding hydrogens is 446 g/mol. The molecular formula is C26H27N5O4. The number of likely N-dealkylation sites (tertiary alicyclic amines) is 1. The molecule has 0 saturated carbocycles. The lowest BCUT2D eigenvalue weighted by molar-refractivity contribution is 0.0692. The van der Waals surface area contributed by atoms with Gasteiger partial charge in [-0.1, -0.05) is 0 Å². The van der Waals surface area contributed by atoms with Crippen molar-refractivity contribution in [1.82, 2.24) is 24.3 Å². The first kappa shape index (κ1) is 21.5. The Morgan fingerprint density at radius 1 is 1.14 bits per heavy atom. The van der Waals surface area contributed by atoms with Crippen LogP contribution in [-0.2, 0) is 13.6 Å². The Morgan fingerprint density at radius 2 is 2.03 bits per heavy atom. The van der Waals surface area contributed by atoms with Crippen LogP contribution in [-0.4, -0.2) is 61.9 Å². The van der Waals surface area contributed by atoms with Gasteiger partial charge in [-0.2, -0.15) is 0 Å². The van der Waals surface area contributed by atoms with Gasteiger partial charge in [-0.15, -0.1) is 0 Å². The van der Waals surface area contributed by atoms with Crippen molar-refractivity contribution in [3.63, 3.8) is 0 Å². The lowest BCUT2D eigenvalue weighted by Gasteiger charge is -2.32. The van der Waals surface area contributed by atoms with Gasteiger partial charge in [0.15, 0.2) is 0 Å². The first-order valence-corrected chi connectivity index (χ1v) is 12.0. The minimum Gasteiger partial charge on any atom is -0.491 e. The highest BCUT2D eigenvalue weighted by Gasteiger charge is 2.26. The molecule has 0 unspecified atom stereocenters. The molecule has 0 radical (unpaired) electrons. The number of hydrogen-bond donors (Lipinski definition) is 2. The molecule has 0 bridgehead atoms. The Morgan fingerprint density at radius 3 is 2.89 bits per heavy atom. The Balaban J connectivity index is 1.33. The number of fused-ring (bicyclic) bond motifs is 1. The number of benzene rings is 2. The normalized spacial score (nSPS) is 17.9. The minimum atomic E-state index is -1.06. The third-order valence-corrected chi connectivity index (χ3v) is 7.05. The van der Waals surface area contributed by atoms with Crippen LogP contribution in [0.25, 0.3) is 33.3 Å². The van der Waals surface area contributed by atoms with E-state index in [1.165, 1.54) is 0 Å². The van der Waals surface area contributed by atoms with Crippen LogP contribution in [0, 0.1) is 0 Å². The van der Waals surface area contributed by atoms with Gasteiger partial charge in [0.2, 0.25) is 0 Å². The summed E-state index contributed by atoms with van der Waals surface area (Å²) < 4.78 is 10.3. The summed E-state index contributed by atoms with van der Waals surface area (Å²) >= 11 is 0. The number of aryl methyl sites for hydroxylation is 2. The minimum absolute atomic E-state index is 0.104. The van der Waals surface area contributed by atoms with Crippen LogP contribution >= 0.6 is 0 Å². The van der Waals surface area contributed by atoms with E-state index in [1.807, 2.05) is 29.8 Å². The Hall–Kier alpha value is -4.01. The van der Waals surface area contributed by atoms with Crippen molar-refractivity contribution in [2.75, 3.05) is 19.7 Å². The smallest absolute Gasteiger partial charge is 0.404 e. The summed E-state index contributed by atoms with van der Waals surface area (Å²) in [5, 5.41) is 12.6. The number of nitrogens with zero attached hydrogens (tertiary/aromatic N) is 4. The molecule has 4 aromatic rings. The number of carbonyl (C=O) groups excluding carboxylic acids is 1. The Kier molecular flexibility index (Phi) is 5.12. The molecule has 1 fully saturated rings. The fourth-order valence-corrected chi connectivity index (χ4v) is 5.38. The van der Waals surface area contributed by atoms with Crippen LogP contribution in [0.5, 0.6) is 5.75 Å². The van der Waals surface area contributed by atoms with E-state index in [1.54, 1.807) is 4.90 Å². The van der Waals surface area contributed by atoms with Gasteiger partial charge in [-0.3, -0.25) is 4.79 Å². The lowest BCUT2D eigenvalue weighted by Crippen LogP contribution is -2.49. The van der Waals surface area contributed by atoms with Crippen molar-refractivity contribution in [2.24, 2.45) is 7.05 Å². The van der Waals surface area contributed by atoms with Crippen LogP contribution in [0.1, 0.15) is 29.6 Å². The zero-order chi connectivity index (χ0) is 24.1. The first-order valence-electron chi connectivity index (χ1n) is 12.0. The number of carboxylic acid groups (broad SMARTS) is 1. The molecule has 6 rings (SSSR count). The number of imidazole rings is 1. The average Bonchev–Trinajstić information content (AvgIpc) is 3.33. The van der Waals surface area contributed by atoms with E-state index >= 15 is 0 Å². The molecule has 0 spiro atoms. The molecule has 0 aliphatic carbocycles. The van der Waals surface area contributed by atoms with Crippen LogP contribution in [0.3, 0.4) is 0 Å². The molecule has 2 N–H and O–H groups in total. The number of piperidine rings is 1. The maximum absolute atomic E-state index is 13.2. The van der Waals surface area contributed by atoms with Crippen molar-refractivity contribution in [1.29, 1.82) is 0 Å². The van der Waals surface area contributed by atoms with Gasteiger partial charge < -0.3 is 29.2 Å². The van der Waals surface area contributed by atoms with Gasteiger partial charge in [-0.05, 0) is 55.7 Å². The number of rotatable bonds is 3. The predicted octanol–water partition coefficient (Wildman–Crippen LogP) is 3.85. The number of aromatic nitrogens is 3. The zero-order valence-corrected chi connectivity index (χ0v) is 19.5. The molecule has 9 nitrogen and oxygen atoms in total. The van der Waals surface area contributed by atoms with Crippen molar-refractivity contribution in [3.05, 3.63) is 48.2 Å². The van der Waals surface area contributed by atoms with Gasteiger partial charge in [0.1, 0.15) is 11.6 Å². The number of ether oxygens (including phenoxy) is 1. The largest absolute Gasteiger partial charge is 0.491 e. The second-order valence-corrected chi connectivity index (χ2v) is 9.36. The topological polar surface area (TPSA) is 102 Å². The van der Waals surface area contributed by atoms with E-state index in [4.69, 9.17) is 14.8 Å². The third kappa shape index (κ3) is 3.77. The molecule has 2 aromatic carbocycles. The van der Waals surface area contributed by atoms with Crippen molar-refractivity contribution < 1.29 is 19.4 Å². The van der Waals surface area contributed by atoms with E-state index in [0.29, 0.717) is 25.3 Å².